The average Bonchev–Trinajstić information content (AvgIpc) is 2.78. The van der Waals surface area contributed by atoms with E-state index in [4.69, 9.17) is 0 Å². The van der Waals surface area contributed by atoms with Crippen molar-refractivity contribution in [1.82, 2.24) is 15.1 Å². The Balaban J connectivity index is 1.61. The van der Waals surface area contributed by atoms with Gasteiger partial charge >= 0.3 is 0 Å². The van der Waals surface area contributed by atoms with Crippen LogP contribution in [-0.4, -0.2) is 59.7 Å². The van der Waals surface area contributed by atoms with Gasteiger partial charge in [-0.25, -0.2) is 4.39 Å². The molecule has 0 spiro atoms. The van der Waals surface area contributed by atoms with Crippen molar-refractivity contribution < 1.29 is 18.8 Å². The molecule has 6 nitrogen and oxygen atoms in total. The first-order valence-electron chi connectivity index (χ1n) is 10.9. The molecule has 0 saturated carbocycles. The predicted molar refractivity (Wildman–Crippen MR) is 121 cm³/mol. The van der Waals surface area contributed by atoms with Crippen molar-refractivity contribution in [1.29, 1.82) is 0 Å². The number of benzene rings is 2. The lowest BCUT2D eigenvalue weighted by Crippen LogP contribution is -2.57. The molecule has 2 aromatic carbocycles. The van der Waals surface area contributed by atoms with Crippen molar-refractivity contribution in [2.45, 2.75) is 33.7 Å². The number of piperazine rings is 1. The maximum absolute atomic E-state index is 13.8. The second kappa shape index (κ2) is 9.94. The van der Waals surface area contributed by atoms with E-state index >= 15 is 0 Å². The molecule has 1 saturated heterocycles. The van der Waals surface area contributed by atoms with Gasteiger partial charge in [-0.05, 0) is 49.6 Å². The number of carbonyl (C=O) groups is 3. The lowest BCUT2D eigenvalue weighted by atomic mass is 10.0. The van der Waals surface area contributed by atoms with E-state index in [-0.39, 0.29) is 23.6 Å². The third kappa shape index (κ3) is 5.33. The summed E-state index contributed by atoms with van der Waals surface area (Å²) >= 11 is 0. The molecule has 1 aliphatic heterocycles. The van der Waals surface area contributed by atoms with Crippen LogP contribution >= 0.6 is 0 Å². The van der Waals surface area contributed by atoms with Crippen LogP contribution in [-0.2, 0) is 4.79 Å². The van der Waals surface area contributed by atoms with Crippen molar-refractivity contribution in [3.8, 4) is 0 Å². The molecule has 1 atom stereocenters. The highest BCUT2D eigenvalue weighted by Gasteiger charge is 2.32. The fourth-order valence-corrected chi connectivity index (χ4v) is 3.68. The Labute approximate surface area is 188 Å². The molecule has 1 N–H and O–H groups in total. The van der Waals surface area contributed by atoms with E-state index in [1.54, 1.807) is 41.0 Å². The molecule has 2 aromatic rings. The van der Waals surface area contributed by atoms with Crippen LogP contribution in [0.5, 0.6) is 0 Å². The van der Waals surface area contributed by atoms with Gasteiger partial charge in [0.15, 0.2) is 0 Å². The summed E-state index contributed by atoms with van der Waals surface area (Å²) < 4.78 is 13.8. The highest BCUT2D eigenvalue weighted by atomic mass is 19.1. The molecule has 170 valence electrons. The lowest BCUT2D eigenvalue weighted by molar-refractivity contribution is -0.135. The summed E-state index contributed by atoms with van der Waals surface area (Å²) in [6.45, 7) is 8.82. The first-order chi connectivity index (χ1) is 15.2. The summed E-state index contributed by atoms with van der Waals surface area (Å²) in [5.74, 6) is -1.19. The summed E-state index contributed by atoms with van der Waals surface area (Å²) in [4.78, 5) is 41.8. The minimum atomic E-state index is -0.655. The van der Waals surface area contributed by atoms with Crippen molar-refractivity contribution in [3.05, 3.63) is 70.5 Å². The molecular weight excluding hydrogens is 409 g/mol. The zero-order valence-electron chi connectivity index (χ0n) is 19.0. The Bertz CT molecular complexity index is 996. The Hall–Kier alpha value is -3.22. The standard InChI is InChI=1S/C25H30FN3O3/c1-16(2)22(27-23(30)19-8-5-17(3)6-9-19)25(32)29-13-11-28(12-14-29)24(31)20-10-7-18(4)21(26)15-20/h5-10,15-16,22H,11-14H2,1-4H3,(H,27,30). The summed E-state index contributed by atoms with van der Waals surface area (Å²) in [5.41, 5.74) is 2.36. The molecule has 0 aromatic heterocycles. The molecule has 32 heavy (non-hydrogen) atoms. The van der Waals surface area contributed by atoms with Gasteiger partial charge in [0.2, 0.25) is 5.91 Å². The van der Waals surface area contributed by atoms with Gasteiger partial charge in [0.05, 0.1) is 0 Å². The van der Waals surface area contributed by atoms with Gasteiger partial charge in [-0.3, -0.25) is 14.4 Å². The highest BCUT2D eigenvalue weighted by Crippen LogP contribution is 2.15. The van der Waals surface area contributed by atoms with Gasteiger partial charge in [0.1, 0.15) is 11.9 Å². The summed E-state index contributed by atoms with van der Waals surface area (Å²) in [5, 5.41) is 2.87. The second-order valence-electron chi connectivity index (χ2n) is 8.64. The van der Waals surface area contributed by atoms with Crippen molar-refractivity contribution in [2.75, 3.05) is 26.2 Å². The fourth-order valence-electron chi connectivity index (χ4n) is 3.68. The maximum Gasteiger partial charge on any atom is 0.254 e. The van der Waals surface area contributed by atoms with Crippen LogP contribution in [0.2, 0.25) is 0 Å². The van der Waals surface area contributed by atoms with Gasteiger partial charge in [0, 0.05) is 37.3 Å². The predicted octanol–water partition coefficient (Wildman–Crippen LogP) is 3.18. The summed E-state index contributed by atoms with van der Waals surface area (Å²) in [6.07, 6.45) is 0. The minimum absolute atomic E-state index is 0.0907. The van der Waals surface area contributed by atoms with Crippen LogP contribution in [0, 0.1) is 25.6 Å². The topological polar surface area (TPSA) is 69.7 Å². The average molecular weight is 440 g/mol. The van der Waals surface area contributed by atoms with Crippen LogP contribution in [0.3, 0.4) is 0 Å². The van der Waals surface area contributed by atoms with Gasteiger partial charge < -0.3 is 15.1 Å². The molecule has 1 aliphatic rings. The molecule has 1 heterocycles. The molecule has 0 bridgehead atoms. The first kappa shape index (κ1) is 23.4. The molecule has 0 radical (unpaired) electrons. The third-order valence-electron chi connectivity index (χ3n) is 5.83. The minimum Gasteiger partial charge on any atom is -0.340 e. The number of hydrogen-bond donors (Lipinski definition) is 1. The van der Waals surface area contributed by atoms with E-state index in [1.165, 1.54) is 6.07 Å². The van der Waals surface area contributed by atoms with Crippen LogP contribution in [0.15, 0.2) is 42.5 Å². The first-order valence-corrected chi connectivity index (χ1v) is 10.9. The lowest BCUT2D eigenvalue weighted by Gasteiger charge is -2.37. The monoisotopic (exact) mass is 439 g/mol. The normalized spacial score (nSPS) is 14.9. The van der Waals surface area contributed by atoms with E-state index in [9.17, 15) is 18.8 Å². The van der Waals surface area contributed by atoms with E-state index < -0.39 is 11.9 Å². The SMILES string of the molecule is Cc1ccc(C(=O)NC(C(=O)N2CCN(C(=O)c3ccc(C)c(F)c3)CC2)C(C)C)cc1. The number of nitrogens with one attached hydrogen (secondary N) is 1. The second-order valence-corrected chi connectivity index (χ2v) is 8.64. The Morgan fingerprint density at radius 2 is 1.44 bits per heavy atom. The number of carbonyl (C=O) groups excluding carboxylic acids is 3. The molecule has 3 rings (SSSR count). The number of rotatable bonds is 5. The quantitative estimate of drug-likeness (QED) is 0.778. The van der Waals surface area contributed by atoms with Crippen molar-refractivity contribution in [3.63, 3.8) is 0 Å². The Morgan fingerprint density at radius 3 is 2.00 bits per heavy atom. The highest BCUT2D eigenvalue weighted by molar-refractivity contribution is 5.98. The fraction of sp³-hybridized carbons (Fsp3) is 0.400. The van der Waals surface area contributed by atoms with Gasteiger partial charge in [-0.2, -0.15) is 0 Å². The van der Waals surface area contributed by atoms with Gasteiger partial charge in [-0.15, -0.1) is 0 Å². The van der Waals surface area contributed by atoms with Crippen LogP contribution in [0.25, 0.3) is 0 Å². The number of nitrogens with zero attached hydrogens (tertiary/aromatic N) is 2. The van der Waals surface area contributed by atoms with Crippen LogP contribution in [0.4, 0.5) is 4.39 Å². The summed E-state index contributed by atoms with van der Waals surface area (Å²) in [6, 6.07) is 11.0. The number of aryl methyl sites for hydroxylation is 2. The van der Waals surface area contributed by atoms with Crippen LogP contribution < -0.4 is 5.32 Å². The van der Waals surface area contributed by atoms with Crippen molar-refractivity contribution in [2.24, 2.45) is 5.92 Å². The number of hydrogen-bond acceptors (Lipinski definition) is 3. The van der Waals surface area contributed by atoms with Crippen molar-refractivity contribution >= 4 is 17.7 Å². The molecule has 7 heteroatoms. The zero-order valence-corrected chi connectivity index (χ0v) is 19.0. The Morgan fingerprint density at radius 1 is 0.875 bits per heavy atom. The molecule has 0 aliphatic carbocycles. The van der Waals surface area contributed by atoms with Crippen LogP contribution in [0.1, 0.15) is 45.7 Å². The van der Waals surface area contributed by atoms with E-state index in [0.29, 0.717) is 42.9 Å². The summed E-state index contributed by atoms with van der Waals surface area (Å²) in [7, 11) is 0. The Kier molecular flexibility index (Phi) is 7.28. The molecule has 1 fully saturated rings. The molecule has 1 unspecified atom stereocenters. The smallest absolute Gasteiger partial charge is 0.254 e. The number of halogens is 1. The number of amides is 3. The van der Waals surface area contributed by atoms with E-state index in [0.717, 1.165) is 5.56 Å². The third-order valence-corrected chi connectivity index (χ3v) is 5.83. The van der Waals surface area contributed by atoms with Gasteiger partial charge in [-0.1, -0.05) is 37.6 Å². The zero-order chi connectivity index (χ0) is 23.4. The van der Waals surface area contributed by atoms with E-state index in [1.807, 2.05) is 32.9 Å². The molecular formula is C25H30FN3O3. The molecule has 3 amide bonds. The maximum atomic E-state index is 13.8. The van der Waals surface area contributed by atoms with Gasteiger partial charge in [0.25, 0.3) is 11.8 Å². The van der Waals surface area contributed by atoms with E-state index in [2.05, 4.69) is 5.32 Å². The largest absolute Gasteiger partial charge is 0.340 e.